The lowest BCUT2D eigenvalue weighted by Crippen LogP contribution is -2.28. The Kier molecular flexibility index (Phi) is 12.7. The first-order valence-corrected chi connectivity index (χ1v) is 7.72. The number of carboxylic acid groups (broad SMARTS) is 1. The van der Waals surface area contributed by atoms with E-state index in [4.69, 9.17) is 14.6 Å². The van der Waals surface area contributed by atoms with Crippen molar-refractivity contribution < 1.29 is 24.1 Å². The Morgan fingerprint density at radius 1 is 1.00 bits per heavy atom. The van der Waals surface area contributed by atoms with E-state index in [9.17, 15) is 4.79 Å². The highest BCUT2D eigenvalue weighted by molar-refractivity contribution is 5.56. The molecule has 5 heteroatoms. The monoisotopic (exact) mass is 290 g/mol. The molecule has 0 fully saturated rings. The van der Waals surface area contributed by atoms with Crippen LogP contribution < -0.4 is 0 Å². The van der Waals surface area contributed by atoms with E-state index in [0.29, 0.717) is 6.61 Å². The van der Waals surface area contributed by atoms with E-state index in [1.807, 2.05) is 0 Å². The summed E-state index contributed by atoms with van der Waals surface area (Å²) in [5, 5.41) is 8.55. The van der Waals surface area contributed by atoms with Crippen LogP contribution in [0.5, 0.6) is 0 Å². The molecule has 2 unspecified atom stereocenters. The quantitative estimate of drug-likeness (QED) is 0.412. The summed E-state index contributed by atoms with van der Waals surface area (Å²) in [5.41, 5.74) is 0. The first kappa shape index (κ1) is 19.2. The van der Waals surface area contributed by atoms with E-state index < -0.39 is 6.16 Å². The zero-order valence-corrected chi connectivity index (χ0v) is 13.1. The molecule has 0 aromatic carbocycles. The van der Waals surface area contributed by atoms with E-state index in [1.165, 1.54) is 0 Å². The van der Waals surface area contributed by atoms with Gasteiger partial charge in [0.05, 0.1) is 18.8 Å². The molecule has 0 aliphatic carbocycles. The number of hydrogen-bond acceptors (Lipinski definition) is 4. The molecule has 0 aliphatic heterocycles. The van der Waals surface area contributed by atoms with Gasteiger partial charge >= 0.3 is 6.16 Å². The Bertz CT molecular complexity index is 232. The molecule has 0 bridgehead atoms. The van der Waals surface area contributed by atoms with Crippen molar-refractivity contribution in [2.75, 3.05) is 19.8 Å². The number of hydrogen-bond donors (Lipinski definition) is 1. The summed E-state index contributed by atoms with van der Waals surface area (Å²) in [4.78, 5) is 10.4. The number of unbranched alkanes of at least 4 members (excludes halogenated alkanes) is 2. The first-order chi connectivity index (χ1) is 9.63. The van der Waals surface area contributed by atoms with Crippen molar-refractivity contribution in [1.82, 2.24) is 0 Å². The van der Waals surface area contributed by atoms with Gasteiger partial charge < -0.3 is 19.3 Å². The second kappa shape index (κ2) is 13.2. The highest BCUT2D eigenvalue weighted by Crippen LogP contribution is 2.09. The lowest BCUT2D eigenvalue weighted by atomic mass is 10.1. The maximum atomic E-state index is 10.4. The summed E-state index contributed by atoms with van der Waals surface area (Å²) >= 11 is 0. The Morgan fingerprint density at radius 3 is 2.25 bits per heavy atom. The Morgan fingerprint density at radius 2 is 1.70 bits per heavy atom. The van der Waals surface area contributed by atoms with Crippen LogP contribution in [0.15, 0.2) is 0 Å². The second-order valence-electron chi connectivity index (χ2n) is 4.93. The summed E-state index contributed by atoms with van der Waals surface area (Å²) in [6.07, 6.45) is 4.59. The molecule has 5 nitrogen and oxygen atoms in total. The lowest BCUT2D eigenvalue weighted by molar-refractivity contribution is -0.0670. The van der Waals surface area contributed by atoms with Crippen LogP contribution in [0, 0.1) is 0 Å². The first-order valence-electron chi connectivity index (χ1n) is 7.72. The maximum absolute atomic E-state index is 10.4. The predicted molar refractivity (Wildman–Crippen MR) is 78.2 cm³/mol. The standard InChI is InChI=1S/C15H30O5/c1-4-7-9-14(12-20-15(16)17)19-11-13(6-3)18-10-8-5-2/h13-14H,4-12H2,1-3H3,(H,16,17). The van der Waals surface area contributed by atoms with Crippen molar-refractivity contribution in [1.29, 1.82) is 0 Å². The van der Waals surface area contributed by atoms with Crippen LogP contribution in [0.2, 0.25) is 0 Å². The third-order valence-corrected chi connectivity index (χ3v) is 3.10. The van der Waals surface area contributed by atoms with E-state index in [0.717, 1.165) is 45.1 Å². The summed E-state index contributed by atoms with van der Waals surface area (Å²) in [6.45, 7) is 7.64. The number of carbonyl (C=O) groups is 1. The van der Waals surface area contributed by atoms with Crippen LogP contribution in [0.25, 0.3) is 0 Å². The van der Waals surface area contributed by atoms with Crippen molar-refractivity contribution >= 4 is 6.16 Å². The maximum Gasteiger partial charge on any atom is 0.505 e. The molecule has 0 aliphatic rings. The van der Waals surface area contributed by atoms with E-state index in [2.05, 4.69) is 25.5 Å². The molecule has 2 atom stereocenters. The normalized spacial score (nSPS) is 13.9. The highest BCUT2D eigenvalue weighted by Gasteiger charge is 2.15. The van der Waals surface area contributed by atoms with Crippen molar-refractivity contribution in [3.63, 3.8) is 0 Å². The zero-order valence-electron chi connectivity index (χ0n) is 13.1. The molecule has 20 heavy (non-hydrogen) atoms. The second-order valence-corrected chi connectivity index (χ2v) is 4.93. The SMILES string of the molecule is CCCCOC(CC)COC(CCCC)COC(=O)O. The van der Waals surface area contributed by atoms with Gasteiger partial charge in [-0.25, -0.2) is 4.79 Å². The van der Waals surface area contributed by atoms with Gasteiger partial charge in [-0.1, -0.05) is 40.0 Å². The fraction of sp³-hybridized carbons (Fsp3) is 0.933. The minimum absolute atomic E-state index is 0.0792. The summed E-state index contributed by atoms with van der Waals surface area (Å²) in [5.74, 6) is 0. The minimum Gasteiger partial charge on any atom is -0.450 e. The smallest absolute Gasteiger partial charge is 0.450 e. The van der Waals surface area contributed by atoms with Crippen LogP contribution in [0.4, 0.5) is 4.79 Å². The number of rotatable bonds is 13. The topological polar surface area (TPSA) is 65.0 Å². The average molecular weight is 290 g/mol. The van der Waals surface area contributed by atoms with Crippen LogP contribution >= 0.6 is 0 Å². The molecule has 0 rings (SSSR count). The fourth-order valence-electron chi connectivity index (χ4n) is 1.73. The van der Waals surface area contributed by atoms with Gasteiger partial charge in [0.2, 0.25) is 0 Å². The summed E-state index contributed by atoms with van der Waals surface area (Å²) in [7, 11) is 0. The van der Waals surface area contributed by atoms with Crippen LogP contribution in [-0.2, 0) is 14.2 Å². The summed E-state index contributed by atoms with van der Waals surface area (Å²) < 4.78 is 16.1. The van der Waals surface area contributed by atoms with Crippen LogP contribution in [0.1, 0.15) is 59.3 Å². The number of ether oxygens (including phenoxy) is 3. The van der Waals surface area contributed by atoms with E-state index in [1.54, 1.807) is 0 Å². The van der Waals surface area contributed by atoms with Crippen LogP contribution in [-0.4, -0.2) is 43.3 Å². The van der Waals surface area contributed by atoms with Gasteiger partial charge in [0.1, 0.15) is 6.61 Å². The van der Waals surface area contributed by atoms with Crippen LogP contribution in [0.3, 0.4) is 0 Å². The molecule has 0 saturated carbocycles. The molecule has 0 radical (unpaired) electrons. The predicted octanol–water partition coefficient (Wildman–Crippen LogP) is 3.85. The molecule has 120 valence electrons. The minimum atomic E-state index is -1.25. The van der Waals surface area contributed by atoms with E-state index in [-0.39, 0.29) is 18.8 Å². The van der Waals surface area contributed by atoms with Gasteiger partial charge in [0, 0.05) is 6.61 Å². The summed E-state index contributed by atoms with van der Waals surface area (Å²) in [6, 6.07) is 0. The third-order valence-electron chi connectivity index (χ3n) is 3.10. The van der Waals surface area contributed by atoms with Crippen molar-refractivity contribution in [2.45, 2.75) is 71.5 Å². The highest BCUT2D eigenvalue weighted by atomic mass is 16.7. The molecule has 0 saturated heterocycles. The third kappa shape index (κ3) is 11.1. The van der Waals surface area contributed by atoms with Crippen molar-refractivity contribution in [2.24, 2.45) is 0 Å². The van der Waals surface area contributed by atoms with Gasteiger partial charge in [-0.15, -0.1) is 0 Å². The molecule has 0 aromatic rings. The molecule has 0 aromatic heterocycles. The molecule has 0 heterocycles. The Balaban J connectivity index is 4.01. The Labute approximate surface area is 122 Å². The van der Waals surface area contributed by atoms with Gasteiger partial charge in [0.15, 0.2) is 0 Å². The van der Waals surface area contributed by atoms with Gasteiger partial charge in [-0.3, -0.25) is 0 Å². The molecule has 0 spiro atoms. The lowest BCUT2D eigenvalue weighted by Gasteiger charge is -2.21. The fourth-order valence-corrected chi connectivity index (χ4v) is 1.73. The molecular formula is C15H30O5. The largest absolute Gasteiger partial charge is 0.505 e. The molecule has 0 amide bonds. The van der Waals surface area contributed by atoms with E-state index >= 15 is 0 Å². The molecular weight excluding hydrogens is 260 g/mol. The van der Waals surface area contributed by atoms with Gasteiger partial charge in [-0.2, -0.15) is 0 Å². The van der Waals surface area contributed by atoms with Gasteiger partial charge in [-0.05, 0) is 19.3 Å². The van der Waals surface area contributed by atoms with Crippen molar-refractivity contribution in [3.05, 3.63) is 0 Å². The zero-order chi connectivity index (χ0) is 15.2. The molecule has 1 N–H and O–H groups in total. The van der Waals surface area contributed by atoms with Crippen molar-refractivity contribution in [3.8, 4) is 0 Å². The van der Waals surface area contributed by atoms with Gasteiger partial charge in [0.25, 0.3) is 0 Å². The Hall–Kier alpha value is -0.810. The average Bonchev–Trinajstić information content (AvgIpc) is 2.44.